The smallest absolute Gasteiger partial charge is 0.147 e. The quantitative estimate of drug-likeness (QED) is 0.687. The van der Waals surface area contributed by atoms with E-state index in [1.165, 1.54) is 38.5 Å². The van der Waals surface area contributed by atoms with Crippen LogP contribution in [0, 0.1) is 35.5 Å². The topological polar surface area (TPSA) is 35.5 Å². The van der Waals surface area contributed by atoms with Crippen LogP contribution in [-0.2, 0) is 14.3 Å². The summed E-state index contributed by atoms with van der Waals surface area (Å²) in [6.07, 6.45) is 10.4. The van der Waals surface area contributed by atoms with Crippen LogP contribution in [0.25, 0.3) is 0 Å². The van der Waals surface area contributed by atoms with E-state index < -0.39 is 0 Å². The first kappa shape index (κ1) is 13.1. The number of ether oxygens (including phenoxy) is 2. The summed E-state index contributed by atoms with van der Waals surface area (Å²) in [6.45, 7) is 0.466. The minimum atomic E-state index is 0.222. The van der Waals surface area contributed by atoms with Gasteiger partial charge in [-0.15, -0.1) is 0 Å². The van der Waals surface area contributed by atoms with Crippen molar-refractivity contribution < 1.29 is 14.3 Å². The van der Waals surface area contributed by atoms with Crippen LogP contribution in [0.4, 0.5) is 0 Å². The number of fused-ring (bicyclic) bond motifs is 8. The van der Waals surface area contributed by atoms with Crippen molar-refractivity contribution in [1.29, 1.82) is 0 Å². The Morgan fingerprint density at radius 2 is 1.67 bits per heavy atom. The fourth-order valence-electron chi connectivity index (χ4n) is 6.86. The Labute approximate surface area is 126 Å². The number of Topliss-reactive ketones (excluding diaryl/α,β-unsaturated/α-hetero) is 1. The van der Waals surface area contributed by atoms with E-state index in [4.69, 9.17) is 9.47 Å². The van der Waals surface area contributed by atoms with Crippen molar-refractivity contribution in [1.82, 2.24) is 0 Å². The Hall–Kier alpha value is -0.410. The molecule has 116 valence electrons. The predicted octanol–water partition coefficient (Wildman–Crippen LogP) is 3.17. The average Bonchev–Trinajstić information content (AvgIpc) is 3.15. The maximum absolute atomic E-state index is 12.7. The normalized spacial score (nSPS) is 55.5. The minimum Gasteiger partial charge on any atom is -0.349 e. The predicted molar refractivity (Wildman–Crippen MR) is 77.5 cm³/mol. The molecule has 0 spiro atoms. The number of carbonyl (C=O) groups excluding carboxylic acids is 1. The molecule has 3 heteroatoms. The van der Waals surface area contributed by atoms with Gasteiger partial charge in [0.15, 0.2) is 0 Å². The Kier molecular flexibility index (Phi) is 2.98. The first-order valence-corrected chi connectivity index (χ1v) is 9.10. The van der Waals surface area contributed by atoms with E-state index in [1.54, 1.807) is 0 Å². The SMILES string of the molecule is O=C1CCCC2C3OCOC3C3C4CCCC4CCC3C12. The zero-order chi connectivity index (χ0) is 14.0. The Balaban J connectivity index is 1.55. The van der Waals surface area contributed by atoms with Crippen LogP contribution in [0.15, 0.2) is 0 Å². The molecule has 1 saturated heterocycles. The van der Waals surface area contributed by atoms with Crippen molar-refractivity contribution in [2.24, 2.45) is 35.5 Å². The van der Waals surface area contributed by atoms with Crippen molar-refractivity contribution in [2.45, 2.75) is 63.6 Å². The Bertz CT molecular complexity index is 448. The van der Waals surface area contributed by atoms with Gasteiger partial charge in [-0.05, 0) is 61.7 Å². The summed E-state index contributed by atoms with van der Waals surface area (Å²) in [4.78, 5) is 12.7. The van der Waals surface area contributed by atoms with E-state index in [1.807, 2.05) is 0 Å². The van der Waals surface area contributed by atoms with Crippen molar-refractivity contribution in [3.8, 4) is 0 Å². The molecule has 4 saturated carbocycles. The van der Waals surface area contributed by atoms with Gasteiger partial charge in [-0.3, -0.25) is 4.79 Å². The molecule has 8 atom stereocenters. The molecule has 4 aliphatic carbocycles. The summed E-state index contributed by atoms with van der Waals surface area (Å²) >= 11 is 0. The zero-order valence-electron chi connectivity index (χ0n) is 12.7. The van der Waals surface area contributed by atoms with Gasteiger partial charge < -0.3 is 9.47 Å². The van der Waals surface area contributed by atoms with Crippen LogP contribution < -0.4 is 0 Å². The van der Waals surface area contributed by atoms with Crippen LogP contribution in [0.2, 0.25) is 0 Å². The second-order valence-electron chi connectivity index (χ2n) is 8.10. The molecule has 5 rings (SSSR count). The lowest BCUT2D eigenvalue weighted by Gasteiger charge is -2.54. The molecule has 0 radical (unpaired) electrons. The number of hydrogen-bond donors (Lipinski definition) is 0. The van der Waals surface area contributed by atoms with E-state index in [0.29, 0.717) is 42.4 Å². The van der Waals surface area contributed by atoms with E-state index in [0.717, 1.165) is 24.7 Å². The molecule has 1 aliphatic heterocycles. The van der Waals surface area contributed by atoms with E-state index in [-0.39, 0.29) is 6.10 Å². The number of hydrogen-bond acceptors (Lipinski definition) is 3. The van der Waals surface area contributed by atoms with Crippen molar-refractivity contribution in [3.05, 3.63) is 0 Å². The van der Waals surface area contributed by atoms with E-state index in [9.17, 15) is 4.79 Å². The number of carbonyl (C=O) groups is 1. The third-order valence-corrected chi connectivity index (χ3v) is 7.48. The molecule has 0 amide bonds. The van der Waals surface area contributed by atoms with Gasteiger partial charge in [0.2, 0.25) is 0 Å². The molecule has 0 bridgehead atoms. The molecule has 3 nitrogen and oxygen atoms in total. The standard InChI is InChI=1S/C18H26O3/c19-14-6-2-5-13-15(14)12-8-7-10-3-1-4-11(10)16(12)18-17(13)20-9-21-18/h10-13,15-18H,1-9H2. The van der Waals surface area contributed by atoms with Crippen LogP contribution in [0.1, 0.15) is 51.4 Å². The van der Waals surface area contributed by atoms with Gasteiger partial charge >= 0.3 is 0 Å². The van der Waals surface area contributed by atoms with Gasteiger partial charge in [0.05, 0.1) is 12.2 Å². The van der Waals surface area contributed by atoms with E-state index >= 15 is 0 Å². The molecule has 0 N–H and O–H groups in total. The molecule has 0 aromatic carbocycles. The summed E-state index contributed by atoms with van der Waals surface area (Å²) < 4.78 is 12.1. The number of rotatable bonds is 0. The van der Waals surface area contributed by atoms with Crippen molar-refractivity contribution in [2.75, 3.05) is 6.79 Å². The molecule has 0 aromatic rings. The summed E-state index contributed by atoms with van der Waals surface area (Å²) in [5.74, 6) is 4.24. The van der Waals surface area contributed by atoms with Crippen LogP contribution >= 0.6 is 0 Å². The lowest BCUT2D eigenvalue weighted by Crippen LogP contribution is -2.58. The first-order valence-electron chi connectivity index (χ1n) is 9.10. The van der Waals surface area contributed by atoms with Crippen molar-refractivity contribution in [3.63, 3.8) is 0 Å². The molecule has 21 heavy (non-hydrogen) atoms. The van der Waals surface area contributed by atoms with Gasteiger partial charge in [0.25, 0.3) is 0 Å². The summed E-state index contributed by atoms with van der Waals surface area (Å²) in [7, 11) is 0. The maximum Gasteiger partial charge on any atom is 0.147 e. The Morgan fingerprint density at radius 3 is 2.62 bits per heavy atom. The fraction of sp³-hybridized carbons (Fsp3) is 0.944. The molecule has 8 unspecified atom stereocenters. The van der Waals surface area contributed by atoms with Gasteiger partial charge in [-0.25, -0.2) is 0 Å². The number of ketones is 1. The third kappa shape index (κ3) is 1.77. The van der Waals surface area contributed by atoms with Gasteiger partial charge in [-0.1, -0.05) is 12.8 Å². The van der Waals surface area contributed by atoms with Crippen LogP contribution in [0.3, 0.4) is 0 Å². The van der Waals surface area contributed by atoms with Gasteiger partial charge in [0, 0.05) is 12.3 Å². The zero-order valence-corrected chi connectivity index (χ0v) is 12.7. The van der Waals surface area contributed by atoms with Gasteiger partial charge in [0.1, 0.15) is 12.6 Å². The molecular weight excluding hydrogens is 264 g/mol. The fourth-order valence-corrected chi connectivity index (χ4v) is 6.86. The highest BCUT2D eigenvalue weighted by Crippen LogP contribution is 2.59. The molecule has 1 heterocycles. The summed E-state index contributed by atoms with van der Waals surface area (Å²) in [5.41, 5.74) is 0. The molecule has 0 aromatic heterocycles. The second kappa shape index (κ2) is 4.79. The van der Waals surface area contributed by atoms with Gasteiger partial charge in [-0.2, -0.15) is 0 Å². The van der Waals surface area contributed by atoms with Crippen LogP contribution in [-0.4, -0.2) is 24.8 Å². The third-order valence-electron chi connectivity index (χ3n) is 7.48. The van der Waals surface area contributed by atoms with Crippen molar-refractivity contribution >= 4 is 5.78 Å². The highest BCUT2D eigenvalue weighted by molar-refractivity contribution is 5.82. The van der Waals surface area contributed by atoms with E-state index in [2.05, 4.69) is 0 Å². The molecular formula is C18H26O3. The summed E-state index contributed by atoms with van der Waals surface area (Å²) in [6, 6.07) is 0. The monoisotopic (exact) mass is 290 g/mol. The highest BCUT2D eigenvalue weighted by atomic mass is 16.7. The average molecular weight is 290 g/mol. The molecule has 5 fully saturated rings. The minimum absolute atomic E-state index is 0.222. The lowest BCUT2D eigenvalue weighted by molar-refractivity contribution is -0.151. The molecule has 5 aliphatic rings. The van der Waals surface area contributed by atoms with Crippen LogP contribution in [0.5, 0.6) is 0 Å². The maximum atomic E-state index is 12.7. The lowest BCUT2D eigenvalue weighted by atomic mass is 9.52. The largest absolute Gasteiger partial charge is 0.349 e. The summed E-state index contributed by atoms with van der Waals surface area (Å²) in [5, 5.41) is 0. The Morgan fingerprint density at radius 1 is 0.810 bits per heavy atom. The first-order chi connectivity index (χ1) is 10.3. The highest BCUT2D eigenvalue weighted by Gasteiger charge is 2.60. The second-order valence-corrected chi connectivity index (χ2v) is 8.10.